The van der Waals surface area contributed by atoms with Crippen molar-refractivity contribution < 1.29 is 13.2 Å². The van der Waals surface area contributed by atoms with Gasteiger partial charge in [0.25, 0.3) is 0 Å². The van der Waals surface area contributed by atoms with Crippen molar-refractivity contribution in [3.8, 4) is 0 Å². The van der Waals surface area contributed by atoms with Crippen LogP contribution in [0.25, 0.3) is 0 Å². The second kappa shape index (κ2) is 6.46. The van der Waals surface area contributed by atoms with Crippen LogP contribution in [0.15, 0.2) is 28.7 Å². The molecule has 0 spiro atoms. The fraction of sp³-hybridized carbons (Fsp3) is 0.143. The summed E-state index contributed by atoms with van der Waals surface area (Å²) < 4.78 is 40.5. The van der Waals surface area contributed by atoms with E-state index >= 15 is 0 Å². The third-order valence-corrected chi connectivity index (χ3v) is 4.11. The number of nitrogens with one attached hydrogen (secondary N) is 1. The minimum Gasteiger partial charge on any atom is -0.376 e. The van der Waals surface area contributed by atoms with Crippen LogP contribution in [-0.2, 0) is 0 Å². The first-order valence-electron chi connectivity index (χ1n) is 5.85. The maximum absolute atomic E-state index is 13.7. The molecular formula is C14H9BrCl2F3N. The number of hydrogen-bond donors (Lipinski definition) is 1. The largest absolute Gasteiger partial charge is 0.376 e. The average molecular weight is 399 g/mol. The summed E-state index contributed by atoms with van der Waals surface area (Å²) >= 11 is 14.6. The quantitative estimate of drug-likeness (QED) is 0.594. The van der Waals surface area contributed by atoms with Crippen LogP contribution in [0.3, 0.4) is 0 Å². The van der Waals surface area contributed by atoms with Crippen LogP contribution >= 0.6 is 39.1 Å². The van der Waals surface area contributed by atoms with Gasteiger partial charge in [-0.2, -0.15) is 0 Å². The highest BCUT2D eigenvalue weighted by Crippen LogP contribution is 2.32. The van der Waals surface area contributed by atoms with Gasteiger partial charge in [-0.15, -0.1) is 0 Å². The lowest BCUT2D eigenvalue weighted by Crippen LogP contribution is -2.09. The summed E-state index contributed by atoms with van der Waals surface area (Å²) in [7, 11) is 0. The van der Waals surface area contributed by atoms with Gasteiger partial charge in [0.15, 0.2) is 0 Å². The summed E-state index contributed by atoms with van der Waals surface area (Å²) in [4.78, 5) is 0. The summed E-state index contributed by atoms with van der Waals surface area (Å²) in [6.07, 6.45) is 0. The number of benzene rings is 2. The zero-order valence-electron chi connectivity index (χ0n) is 10.7. The van der Waals surface area contributed by atoms with Gasteiger partial charge in [-0.25, -0.2) is 13.2 Å². The van der Waals surface area contributed by atoms with Gasteiger partial charge < -0.3 is 5.32 Å². The van der Waals surface area contributed by atoms with Crippen LogP contribution in [0.5, 0.6) is 0 Å². The van der Waals surface area contributed by atoms with Crippen molar-refractivity contribution >= 4 is 44.8 Å². The van der Waals surface area contributed by atoms with Gasteiger partial charge in [0.1, 0.15) is 17.5 Å². The molecule has 1 atom stereocenters. The molecule has 0 radical (unpaired) electrons. The van der Waals surface area contributed by atoms with Gasteiger partial charge in [-0.1, -0.05) is 23.2 Å². The minimum atomic E-state index is -0.756. The molecule has 7 heteroatoms. The Bertz CT molecular complexity index is 694. The van der Waals surface area contributed by atoms with E-state index in [1.807, 2.05) is 0 Å². The van der Waals surface area contributed by atoms with Gasteiger partial charge in [-0.3, -0.25) is 0 Å². The lowest BCUT2D eigenvalue weighted by molar-refractivity contribution is 0.579. The fourth-order valence-corrected chi connectivity index (χ4v) is 2.70. The third kappa shape index (κ3) is 3.65. The molecule has 0 bridgehead atoms. The molecule has 2 aromatic rings. The van der Waals surface area contributed by atoms with E-state index in [1.54, 1.807) is 6.92 Å². The van der Waals surface area contributed by atoms with Crippen molar-refractivity contribution in [1.29, 1.82) is 0 Å². The van der Waals surface area contributed by atoms with Crippen molar-refractivity contribution in [2.75, 3.05) is 5.32 Å². The standard InChI is InChI=1S/C14H9BrCl2F3N/c1-6(7-2-12(19)10(17)4-9(7)16)21-14-3-8(15)11(18)5-13(14)20/h2-6,21H,1H3. The Hall–Kier alpha value is -0.910. The molecule has 0 saturated heterocycles. The molecule has 2 aromatic carbocycles. The van der Waals surface area contributed by atoms with Crippen LogP contribution in [0.4, 0.5) is 18.9 Å². The zero-order chi connectivity index (χ0) is 15.7. The van der Waals surface area contributed by atoms with Crippen LogP contribution in [-0.4, -0.2) is 0 Å². The Labute approximate surface area is 138 Å². The van der Waals surface area contributed by atoms with E-state index in [0.29, 0.717) is 5.56 Å². The fourth-order valence-electron chi connectivity index (χ4n) is 1.81. The molecular weight excluding hydrogens is 390 g/mol. The van der Waals surface area contributed by atoms with E-state index in [2.05, 4.69) is 21.2 Å². The van der Waals surface area contributed by atoms with E-state index in [4.69, 9.17) is 23.2 Å². The Morgan fingerprint density at radius 2 is 1.62 bits per heavy atom. The summed E-state index contributed by atoms with van der Waals surface area (Å²) in [6.45, 7) is 1.67. The van der Waals surface area contributed by atoms with Crippen molar-refractivity contribution in [1.82, 2.24) is 0 Å². The van der Waals surface area contributed by atoms with Crippen molar-refractivity contribution in [3.05, 3.63) is 61.8 Å². The van der Waals surface area contributed by atoms with E-state index in [-0.39, 0.29) is 20.2 Å². The van der Waals surface area contributed by atoms with Gasteiger partial charge >= 0.3 is 0 Å². The normalized spacial score (nSPS) is 12.3. The van der Waals surface area contributed by atoms with Gasteiger partial charge in [-0.05, 0) is 46.6 Å². The molecule has 21 heavy (non-hydrogen) atoms. The summed E-state index contributed by atoms with van der Waals surface area (Å²) in [5, 5.41) is 2.98. The summed E-state index contributed by atoms with van der Waals surface area (Å²) in [5.74, 6) is -2.08. The maximum Gasteiger partial charge on any atom is 0.149 e. The SMILES string of the molecule is CC(Nc1cc(Br)c(F)cc1F)c1cc(F)c(Cl)cc1Cl. The van der Waals surface area contributed by atoms with Crippen LogP contribution in [0.1, 0.15) is 18.5 Å². The molecule has 112 valence electrons. The monoisotopic (exact) mass is 397 g/mol. The summed E-state index contributed by atoms with van der Waals surface area (Å²) in [5.41, 5.74) is 0.487. The Morgan fingerprint density at radius 1 is 0.952 bits per heavy atom. The summed E-state index contributed by atoms with van der Waals surface area (Å²) in [6, 6.07) is 3.97. The van der Waals surface area contributed by atoms with Crippen LogP contribution < -0.4 is 5.32 Å². The Balaban J connectivity index is 2.32. The van der Waals surface area contributed by atoms with E-state index in [9.17, 15) is 13.2 Å². The van der Waals surface area contributed by atoms with Crippen molar-refractivity contribution in [2.24, 2.45) is 0 Å². The van der Waals surface area contributed by atoms with Crippen molar-refractivity contribution in [2.45, 2.75) is 13.0 Å². The topological polar surface area (TPSA) is 12.0 Å². The highest BCUT2D eigenvalue weighted by molar-refractivity contribution is 9.10. The average Bonchev–Trinajstić information content (AvgIpc) is 2.40. The van der Waals surface area contributed by atoms with Crippen LogP contribution in [0, 0.1) is 17.5 Å². The molecule has 0 aliphatic carbocycles. The molecule has 1 nitrogen and oxygen atoms in total. The zero-order valence-corrected chi connectivity index (χ0v) is 13.8. The second-order valence-corrected chi connectivity index (χ2v) is 6.07. The molecule has 0 saturated carbocycles. The third-order valence-electron chi connectivity index (χ3n) is 2.89. The molecule has 0 aromatic heterocycles. The maximum atomic E-state index is 13.7. The lowest BCUT2D eigenvalue weighted by Gasteiger charge is -2.18. The number of halogens is 6. The number of anilines is 1. The van der Waals surface area contributed by atoms with E-state index < -0.39 is 23.5 Å². The minimum absolute atomic E-state index is 0.0715. The number of hydrogen-bond acceptors (Lipinski definition) is 1. The Kier molecular flexibility index (Phi) is 5.07. The van der Waals surface area contributed by atoms with Gasteiger partial charge in [0.2, 0.25) is 0 Å². The van der Waals surface area contributed by atoms with Gasteiger partial charge in [0.05, 0.1) is 21.2 Å². The first-order valence-corrected chi connectivity index (χ1v) is 7.40. The molecule has 1 unspecified atom stereocenters. The predicted molar refractivity (Wildman–Crippen MR) is 82.5 cm³/mol. The molecule has 0 amide bonds. The first kappa shape index (κ1) is 16.5. The molecule has 0 fully saturated rings. The molecule has 2 rings (SSSR count). The molecule has 0 aliphatic heterocycles. The number of rotatable bonds is 3. The molecule has 0 aliphatic rings. The highest BCUT2D eigenvalue weighted by Gasteiger charge is 2.16. The Morgan fingerprint density at radius 3 is 2.29 bits per heavy atom. The van der Waals surface area contributed by atoms with Crippen molar-refractivity contribution in [3.63, 3.8) is 0 Å². The first-order chi connectivity index (χ1) is 9.79. The van der Waals surface area contributed by atoms with Gasteiger partial charge in [0, 0.05) is 11.1 Å². The molecule has 0 heterocycles. The predicted octanol–water partition coefficient (Wildman–Crippen LogP) is 6.35. The smallest absolute Gasteiger partial charge is 0.149 e. The van der Waals surface area contributed by atoms with E-state index in [0.717, 1.165) is 6.07 Å². The van der Waals surface area contributed by atoms with Crippen LogP contribution in [0.2, 0.25) is 10.0 Å². The lowest BCUT2D eigenvalue weighted by atomic mass is 10.1. The second-order valence-electron chi connectivity index (χ2n) is 4.40. The molecule has 1 N–H and O–H groups in total. The highest BCUT2D eigenvalue weighted by atomic mass is 79.9. The van der Waals surface area contributed by atoms with E-state index in [1.165, 1.54) is 18.2 Å².